The maximum absolute atomic E-state index is 12.4. The van der Waals surface area contributed by atoms with Crippen LogP contribution in [0.2, 0.25) is 5.02 Å². The number of ether oxygens (including phenoxy) is 1. The van der Waals surface area contributed by atoms with Crippen LogP contribution in [0.25, 0.3) is 0 Å². The lowest BCUT2D eigenvalue weighted by Crippen LogP contribution is -2.49. The third kappa shape index (κ3) is 5.67. The molecule has 1 atom stereocenters. The summed E-state index contributed by atoms with van der Waals surface area (Å²) in [5.74, 6) is 0.440. The number of rotatable bonds is 5. The number of carbonyl (C=O) groups excluding carboxylic acids is 1. The van der Waals surface area contributed by atoms with Crippen LogP contribution in [-0.2, 0) is 14.8 Å². The number of sulfonamides is 1. The van der Waals surface area contributed by atoms with Gasteiger partial charge >= 0.3 is 0 Å². The minimum absolute atomic E-state index is 0.109. The molecule has 128 valence electrons. The van der Waals surface area contributed by atoms with Crippen molar-refractivity contribution < 1.29 is 17.9 Å². The van der Waals surface area contributed by atoms with Gasteiger partial charge in [-0.1, -0.05) is 17.7 Å². The number of nitrogens with zero attached hydrogens (tertiary/aromatic N) is 1. The van der Waals surface area contributed by atoms with E-state index >= 15 is 0 Å². The van der Waals surface area contributed by atoms with Crippen LogP contribution >= 0.6 is 11.6 Å². The second-order valence-corrected chi connectivity index (χ2v) is 7.92. The molecule has 0 aromatic heterocycles. The maximum atomic E-state index is 12.4. The number of hydrogen-bond donors (Lipinski definition) is 1. The van der Waals surface area contributed by atoms with Crippen LogP contribution in [0.1, 0.15) is 19.8 Å². The Kier molecular flexibility index (Phi) is 5.89. The summed E-state index contributed by atoms with van der Waals surface area (Å²) in [6.45, 7) is 2.72. The van der Waals surface area contributed by atoms with E-state index in [1.807, 2.05) is 0 Å². The zero-order chi connectivity index (χ0) is 17.0. The number of likely N-dealkylation sites (tertiary alicyclic amines) is 1. The quantitative estimate of drug-likeness (QED) is 0.866. The van der Waals surface area contributed by atoms with Crippen molar-refractivity contribution in [2.45, 2.75) is 31.9 Å². The largest absolute Gasteiger partial charge is 0.481 e. The molecule has 6 nitrogen and oxygen atoms in total. The molecule has 1 aliphatic rings. The molecule has 1 saturated heterocycles. The first kappa shape index (κ1) is 18.0. The van der Waals surface area contributed by atoms with Crippen molar-refractivity contribution in [3.63, 3.8) is 0 Å². The molecule has 23 heavy (non-hydrogen) atoms. The molecule has 8 heteroatoms. The summed E-state index contributed by atoms with van der Waals surface area (Å²) in [6.07, 6.45) is 1.73. The summed E-state index contributed by atoms with van der Waals surface area (Å²) in [5, 5.41) is 0.551. The number of hydrogen-bond acceptors (Lipinski definition) is 4. The molecule has 1 N–H and O–H groups in total. The summed E-state index contributed by atoms with van der Waals surface area (Å²) in [6, 6.07) is 6.79. The lowest BCUT2D eigenvalue weighted by molar-refractivity contribution is -0.139. The van der Waals surface area contributed by atoms with E-state index < -0.39 is 16.1 Å². The van der Waals surface area contributed by atoms with Crippen LogP contribution in [0.4, 0.5) is 0 Å². The predicted molar refractivity (Wildman–Crippen MR) is 89.1 cm³/mol. The Morgan fingerprint density at radius 2 is 2.04 bits per heavy atom. The minimum atomic E-state index is -3.21. The number of benzene rings is 1. The molecule has 1 amide bonds. The molecule has 0 bridgehead atoms. The smallest absolute Gasteiger partial charge is 0.263 e. The van der Waals surface area contributed by atoms with Crippen LogP contribution in [0.3, 0.4) is 0 Å². The molecule has 0 radical (unpaired) electrons. The van der Waals surface area contributed by atoms with Crippen molar-refractivity contribution >= 4 is 27.5 Å². The monoisotopic (exact) mass is 360 g/mol. The first-order chi connectivity index (χ1) is 10.7. The number of nitrogens with one attached hydrogen (secondary N) is 1. The van der Waals surface area contributed by atoms with Crippen LogP contribution in [-0.4, -0.2) is 50.7 Å². The Bertz CT molecular complexity index is 657. The number of carbonyl (C=O) groups is 1. The highest BCUT2D eigenvalue weighted by Crippen LogP contribution is 2.19. The average molecular weight is 361 g/mol. The van der Waals surface area contributed by atoms with Gasteiger partial charge in [0.1, 0.15) is 5.75 Å². The van der Waals surface area contributed by atoms with Gasteiger partial charge in [0.2, 0.25) is 10.0 Å². The standard InChI is InChI=1S/C15H21ClN2O4S/c1-11(22-14-5-3-4-12(16)10-14)15(19)18-8-6-13(7-9-18)17-23(2,20)21/h3-5,10-11,13,17H,6-9H2,1-2H3. The Morgan fingerprint density at radius 3 is 2.61 bits per heavy atom. The zero-order valence-corrected chi connectivity index (χ0v) is 14.7. The zero-order valence-electron chi connectivity index (χ0n) is 13.2. The van der Waals surface area contributed by atoms with E-state index in [1.165, 1.54) is 0 Å². The van der Waals surface area contributed by atoms with Crippen LogP contribution in [0.5, 0.6) is 5.75 Å². The Labute approximate surface area is 141 Å². The maximum Gasteiger partial charge on any atom is 0.263 e. The van der Waals surface area contributed by atoms with Gasteiger partial charge in [0, 0.05) is 24.2 Å². The van der Waals surface area contributed by atoms with Gasteiger partial charge in [-0.05, 0) is 38.0 Å². The van der Waals surface area contributed by atoms with Gasteiger partial charge in [-0.2, -0.15) is 0 Å². The fourth-order valence-electron chi connectivity index (χ4n) is 2.57. The summed E-state index contributed by atoms with van der Waals surface area (Å²) in [5.41, 5.74) is 0. The van der Waals surface area contributed by atoms with Crippen molar-refractivity contribution in [3.05, 3.63) is 29.3 Å². The van der Waals surface area contributed by atoms with Gasteiger partial charge in [-0.15, -0.1) is 0 Å². The first-order valence-electron chi connectivity index (χ1n) is 7.43. The third-order valence-corrected chi connectivity index (χ3v) is 4.64. The Balaban J connectivity index is 1.86. The van der Waals surface area contributed by atoms with Crippen LogP contribution < -0.4 is 9.46 Å². The van der Waals surface area contributed by atoms with Gasteiger partial charge in [-0.3, -0.25) is 4.79 Å². The van der Waals surface area contributed by atoms with Crippen molar-refractivity contribution in [2.24, 2.45) is 0 Å². The molecule has 1 aromatic carbocycles. The highest BCUT2D eigenvalue weighted by atomic mass is 35.5. The molecule has 1 unspecified atom stereocenters. The van der Waals surface area contributed by atoms with Gasteiger partial charge in [0.05, 0.1) is 6.26 Å². The van der Waals surface area contributed by atoms with E-state index in [1.54, 1.807) is 36.1 Å². The van der Waals surface area contributed by atoms with Crippen molar-refractivity contribution in [3.8, 4) is 5.75 Å². The topological polar surface area (TPSA) is 75.7 Å². The Hall–Kier alpha value is -1.31. The van der Waals surface area contributed by atoms with Crippen LogP contribution in [0.15, 0.2) is 24.3 Å². The summed E-state index contributed by atoms with van der Waals surface area (Å²) >= 11 is 5.89. The summed E-state index contributed by atoms with van der Waals surface area (Å²) in [7, 11) is -3.21. The fourth-order valence-corrected chi connectivity index (χ4v) is 3.59. The van der Waals surface area contributed by atoms with Crippen molar-refractivity contribution in [1.29, 1.82) is 0 Å². The molecule has 2 rings (SSSR count). The van der Waals surface area contributed by atoms with E-state index in [-0.39, 0.29) is 11.9 Å². The highest BCUT2D eigenvalue weighted by molar-refractivity contribution is 7.88. The van der Waals surface area contributed by atoms with E-state index in [9.17, 15) is 13.2 Å². The molecule has 1 fully saturated rings. The number of amides is 1. The molecule has 1 heterocycles. The van der Waals surface area contributed by atoms with Gasteiger partial charge in [-0.25, -0.2) is 13.1 Å². The molecular formula is C15H21ClN2O4S. The van der Waals surface area contributed by atoms with Crippen LogP contribution in [0, 0.1) is 0 Å². The average Bonchev–Trinajstić information content (AvgIpc) is 2.45. The summed E-state index contributed by atoms with van der Waals surface area (Å²) in [4.78, 5) is 14.1. The molecule has 0 spiro atoms. The summed E-state index contributed by atoms with van der Waals surface area (Å²) < 4.78 is 30.7. The molecule has 0 aliphatic carbocycles. The second-order valence-electron chi connectivity index (χ2n) is 5.71. The lowest BCUT2D eigenvalue weighted by Gasteiger charge is -2.33. The van der Waals surface area contributed by atoms with E-state index in [0.29, 0.717) is 36.7 Å². The van der Waals surface area contributed by atoms with Gasteiger partial charge in [0.25, 0.3) is 5.91 Å². The SMILES string of the molecule is CC(Oc1cccc(Cl)c1)C(=O)N1CCC(NS(C)(=O)=O)CC1. The lowest BCUT2D eigenvalue weighted by atomic mass is 10.1. The van der Waals surface area contributed by atoms with E-state index in [4.69, 9.17) is 16.3 Å². The normalized spacial score (nSPS) is 17.8. The third-order valence-electron chi connectivity index (χ3n) is 3.64. The van der Waals surface area contributed by atoms with Crippen molar-refractivity contribution in [2.75, 3.05) is 19.3 Å². The first-order valence-corrected chi connectivity index (χ1v) is 9.70. The number of piperidine rings is 1. The van der Waals surface area contributed by atoms with E-state index in [0.717, 1.165) is 6.26 Å². The number of halogens is 1. The fraction of sp³-hybridized carbons (Fsp3) is 0.533. The molecule has 1 aliphatic heterocycles. The van der Waals surface area contributed by atoms with Crippen molar-refractivity contribution in [1.82, 2.24) is 9.62 Å². The second kappa shape index (κ2) is 7.51. The predicted octanol–water partition coefficient (Wildman–Crippen LogP) is 1.65. The highest BCUT2D eigenvalue weighted by Gasteiger charge is 2.28. The molecular weight excluding hydrogens is 340 g/mol. The van der Waals surface area contributed by atoms with E-state index in [2.05, 4.69) is 4.72 Å². The van der Waals surface area contributed by atoms with Gasteiger partial charge < -0.3 is 9.64 Å². The Morgan fingerprint density at radius 1 is 1.39 bits per heavy atom. The molecule has 1 aromatic rings. The van der Waals surface area contributed by atoms with Gasteiger partial charge in [0.15, 0.2) is 6.10 Å². The molecule has 0 saturated carbocycles. The minimum Gasteiger partial charge on any atom is -0.481 e.